The van der Waals surface area contributed by atoms with Gasteiger partial charge in [0.15, 0.2) is 0 Å². The van der Waals surface area contributed by atoms with E-state index in [2.05, 4.69) is 15.3 Å². The summed E-state index contributed by atoms with van der Waals surface area (Å²) in [6, 6.07) is 7.10. The van der Waals surface area contributed by atoms with E-state index in [4.69, 9.17) is 0 Å². The lowest BCUT2D eigenvalue weighted by Gasteiger charge is -2.06. The van der Waals surface area contributed by atoms with Crippen LogP contribution >= 0.6 is 0 Å². The smallest absolute Gasteiger partial charge is 0.220 e. The molecule has 0 unspecified atom stereocenters. The topological polar surface area (TPSA) is 78.0 Å². The fourth-order valence-electron chi connectivity index (χ4n) is 1.98. The van der Waals surface area contributed by atoms with Gasteiger partial charge in [-0.15, -0.1) is 0 Å². The van der Waals surface area contributed by atoms with Crippen molar-refractivity contribution in [1.29, 1.82) is 0 Å². The molecule has 106 valence electrons. The number of aromatic nitrogens is 2. The number of nitrogens with zero attached hydrogens (tertiary/aromatic N) is 1. The van der Waals surface area contributed by atoms with Crippen molar-refractivity contribution in [2.24, 2.45) is 0 Å². The van der Waals surface area contributed by atoms with Gasteiger partial charge in [-0.05, 0) is 24.5 Å². The zero-order valence-corrected chi connectivity index (χ0v) is 11.3. The molecule has 0 fully saturated rings. The van der Waals surface area contributed by atoms with E-state index in [-0.39, 0.29) is 11.7 Å². The van der Waals surface area contributed by atoms with Gasteiger partial charge >= 0.3 is 0 Å². The Bertz CT molecular complexity index is 538. The molecule has 0 aliphatic carbocycles. The number of para-hydroxylation sites is 1. The Morgan fingerprint density at radius 3 is 2.90 bits per heavy atom. The number of phenols is 1. The molecule has 0 bridgehead atoms. The van der Waals surface area contributed by atoms with Gasteiger partial charge < -0.3 is 15.4 Å². The maximum Gasteiger partial charge on any atom is 0.220 e. The molecule has 0 aliphatic rings. The predicted molar refractivity (Wildman–Crippen MR) is 76.3 cm³/mol. The van der Waals surface area contributed by atoms with Crippen molar-refractivity contribution < 1.29 is 9.90 Å². The van der Waals surface area contributed by atoms with E-state index >= 15 is 0 Å². The van der Waals surface area contributed by atoms with Crippen LogP contribution in [0.2, 0.25) is 0 Å². The van der Waals surface area contributed by atoms with Gasteiger partial charge in [-0.3, -0.25) is 4.79 Å². The van der Waals surface area contributed by atoms with Gasteiger partial charge in [0.2, 0.25) is 5.91 Å². The minimum atomic E-state index is 0.00713. The number of imidazole rings is 1. The fraction of sp³-hybridized carbons (Fsp3) is 0.333. The lowest BCUT2D eigenvalue weighted by Crippen LogP contribution is -2.25. The third kappa shape index (κ3) is 4.42. The maximum absolute atomic E-state index is 11.7. The third-order valence-electron chi connectivity index (χ3n) is 3.08. The van der Waals surface area contributed by atoms with E-state index in [9.17, 15) is 9.90 Å². The van der Waals surface area contributed by atoms with E-state index in [1.54, 1.807) is 24.5 Å². The number of carbonyl (C=O) groups excluding carboxylic acids is 1. The Balaban J connectivity index is 1.62. The quantitative estimate of drug-likeness (QED) is 0.673. The van der Waals surface area contributed by atoms with Gasteiger partial charge in [-0.2, -0.15) is 0 Å². The molecule has 1 heterocycles. The molecule has 2 rings (SSSR count). The van der Waals surface area contributed by atoms with Crippen molar-refractivity contribution in [2.45, 2.75) is 25.7 Å². The van der Waals surface area contributed by atoms with Crippen LogP contribution in [0.25, 0.3) is 0 Å². The van der Waals surface area contributed by atoms with Crippen LogP contribution in [0.15, 0.2) is 36.7 Å². The maximum atomic E-state index is 11.7. The minimum absolute atomic E-state index is 0.00713. The molecule has 20 heavy (non-hydrogen) atoms. The van der Waals surface area contributed by atoms with E-state index in [0.29, 0.717) is 19.4 Å². The minimum Gasteiger partial charge on any atom is -0.508 e. The number of rotatable bonds is 7. The Labute approximate surface area is 118 Å². The van der Waals surface area contributed by atoms with Crippen LogP contribution in [0.3, 0.4) is 0 Å². The van der Waals surface area contributed by atoms with Crippen molar-refractivity contribution in [2.75, 3.05) is 6.54 Å². The number of aromatic amines is 1. The normalized spacial score (nSPS) is 10.4. The number of aromatic hydroxyl groups is 1. The van der Waals surface area contributed by atoms with Gasteiger partial charge in [0.25, 0.3) is 0 Å². The first-order chi connectivity index (χ1) is 9.75. The molecule has 1 amide bonds. The first-order valence-electron chi connectivity index (χ1n) is 6.77. The van der Waals surface area contributed by atoms with Gasteiger partial charge in [0, 0.05) is 31.8 Å². The highest BCUT2D eigenvalue weighted by molar-refractivity contribution is 5.76. The summed E-state index contributed by atoms with van der Waals surface area (Å²) in [5.74, 6) is 1.19. The molecule has 0 spiro atoms. The van der Waals surface area contributed by atoms with Crippen LogP contribution in [0.4, 0.5) is 0 Å². The summed E-state index contributed by atoms with van der Waals surface area (Å²) in [5.41, 5.74) is 0.804. The number of amides is 1. The summed E-state index contributed by atoms with van der Waals surface area (Å²) >= 11 is 0. The summed E-state index contributed by atoms with van der Waals surface area (Å²) < 4.78 is 0. The number of nitrogens with one attached hydrogen (secondary N) is 2. The average molecular weight is 273 g/mol. The number of phenolic OH excluding ortho intramolecular Hbond substituents is 1. The van der Waals surface area contributed by atoms with Crippen LogP contribution in [0, 0.1) is 0 Å². The van der Waals surface area contributed by atoms with E-state index < -0.39 is 0 Å². The number of hydrogen-bond donors (Lipinski definition) is 3. The summed E-state index contributed by atoms with van der Waals surface area (Å²) in [5, 5.41) is 12.5. The molecule has 5 heteroatoms. The number of H-pyrrole nitrogens is 1. The van der Waals surface area contributed by atoms with Gasteiger partial charge in [0.05, 0.1) is 0 Å². The SMILES string of the molecule is O=C(CCc1ccccc1O)NCCCc1ncc[nH]1. The molecule has 0 aliphatic heterocycles. The average Bonchev–Trinajstić information content (AvgIpc) is 2.96. The monoisotopic (exact) mass is 273 g/mol. The van der Waals surface area contributed by atoms with Gasteiger partial charge in [0.1, 0.15) is 11.6 Å². The third-order valence-corrected chi connectivity index (χ3v) is 3.08. The molecule has 0 atom stereocenters. The van der Waals surface area contributed by atoms with E-state index in [0.717, 1.165) is 24.2 Å². The van der Waals surface area contributed by atoms with Crippen LogP contribution in [-0.2, 0) is 17.6 Å². The molecule has 0 saturated heterocycles. The first kappa shape index (κ1) is 14.1. The number of aryl methyl sites for hydroxylation is 2. The van der Waals surface area contributed by atoms with Gasteiger partial charge in [-0.25, -0.2) is 4.98 Å². The van der Waals surface area contributed by atoms with Crippen molar-refractivity contribution in [3.05, 3.63) is 48.0 Å². The molecule has 1 aromatic heterocycles. The van der Waals surface area contributed by atoms with Crippen LogP contribution < -0.4 is 5.32 Å². The summed E-state index contributed by atoms with van der Waals surface area (Å²) in [6.07, 6.45) is 6.14. The summed E-state index contributed by atoms with van der Waals surface area (Å²) in [7, 11) is 0. The molecule has 3 N–H and O–H groups in total. The lowest BCUT2D eigenvalue weighted by molar-refractivity contribution is -0.121. The lowest BCUT2D eigenvalue weighted by atomic mass is 10.1. The van der Waals surface area contributed by atoms with E-state index in [1.165, 1.54) is 0 Å². The molecule has 0 radical (unpaired) electrons. The Kier molecular flexibility index (Phi) is 5.17. The fourth-order valence-corrected chi connectivity index (χ4v) is 1.98. The molecule has 0 saturated carbocycles. The molecule has 1 aromatic carbocycles. The Hall–Kier alpha value is -2.30. The molecular weight excluding hydrogens is 254 g/mol. The largest absolute Gasteiger partial charge is 0.508 e. The van der Waals surface area contributed by atoms with Crippen LogP contribution in [0.1, 0.15) is 24.2 Å². The van der Waals surface area contributed by atoms with Crippen molar-refractivity contribution in [3.63, 3.8) is 0 Å². The van der Waals surface area contributed by atoms with Crippen molar-refractivity contribution in [3.8, 4) is 5.75 Å². The second-order valence-electron chi connectivity index (χ2n) is 4.62. The van der Waals surface area contributed by atoms with Crippen LogP contribution in [0.5, 0.6) is 5.75 Å². The molecule has 2 aromatic rings. The van der Waals surface area contributed by atoms with Crippen LogP contribution in [-0.4, -0.2) is 27.5 Å². The molecule has 5 nitrogen and oxygen atoms in total. The van der Waals surface area contributed by atoms with Crippen molar-refractivity contribution in [1.82, 2.24) is 15.3 Å². The number of benzene rings is 1. The number of carbonyl (C=O) groups is 1. The highest BCUT2D eigenvalue weighted by Gasteiger charge is 2.05. The summed E-state index contributed by atoms with van der Waals surface area (Å²) in [6.45, 7) is 0.639. The van der Waals surface area contributed by atoms with Crippen molar-refractivity contribution >= 4 is 5.91 Å². The number of hydrogen-bond acceptors (Lipinski definition) is 3. The summed E-state index contributed by atoms with van der Waals surface area (Å²) in [4.78, 5) is 18.8. The van der Waals surface area contributed by atoms with E-state index in [1.807, 2.05) is 12.1 Å². The predicted octanol–water partition coefficient (Wildman–Crippen LogP) is 1.80. The second-order valence-corrected chi connectivity index (χ2v) is 4.62. The second kappa shape index (κ2) is 7.33. The highest BCUT2D eigenvalue weighted by Crippen LogP contribution is 2.16. The first-order valence-corrected chi connectivity index (χ1v) is 6.77. The Morgan fingerprint density at radius 2 is 2.15 bits per heavy atom. The highest BCUT2D eigenvalue weighted by atomic mass is 16.3. The standard InChI is InChI=1S/C15H19N3O2/c19-13-5-2-1-4-12(13)7-8-15(20)18-9-3-6-14-16-10-11-17-14/h1-2,4-5,10-11,19H,3,6-9H2,(H,16,17)(H,18,20). The molecular formula is C15H19N3O2. The zero-order chi connectivity index (χ0) is 14.2. The Morgan fingerprint density at radius 1 is 1.30 bits per heavy atom. The van der Waals surface area contributed by atoms with Gasteiger partial charge in [-0.1, -0.05) is 18.2 Å². The zero-order valence-electron chi connectivity index (χ0n) is 11.3.